The molecule has 3 atom stereocenters. The van der Waals surface area contributed by atoms with Gasteiger partial charge in [0, 0.05) is 37.0 Å². The van der Waals surface area contributed by atoms with Gasteiger partial charge < -0.3 is 20.3 Å². The van der Waals surface area contributed by atoms with Crippen LogP contribution in [0, 0.1) is 5.92 Å². The average Bonchev–Trinajstić information content (AvgIpc) is 2.65. The molecule has 6 nitrogen and oxygen atoms in total. The fourth-order valence-electron chi connectivity index (χ4n) is 4.73. The van der Waals surface area contributed by atoms with Gasteiger partial charge in [0.1, 0.15) is 11.5 Å². The van der Waals surface area contributed by atoms with E-state index in [9.17, 15) is 9.90 Å². The number of benzene rings is 1. The number of amides is 1. The summed E-state index contributed by atoms with van der Waals surface area (Å²) in [5.74, 6) is 1.36. The van der Waals surface area contributed by atoms with Gasteiger partial charge in [0.15, 0.2) is 0 Å². The molecule has 1 aliphatic heterocycles. The van der Waals surface area contributed by atoms with Gasteiger partial charge in [0.05, 0.1) is 19.8 Å². The van der Waals surface area contributed by atoms with Gasteiger partial charge in [0.25, 0.3) is 0 Å². The minimum Gasteiger partial charge on any atom is -0.497 e. The zero-order valence-corrected chi connectivity index (χ0v) is 15.7. The molecule has 3 rings (SSSR count). The lowest BCUT2D eigenvalue weighted by Crippen LogP contribution is -2.55. The molecule has 3 N–H and O–H groups in total. The summed E-state index contributed by atoms with van der Waals surface area (Å²) >= 11 is 0. The molecule has 6 heteroatoms. The normalized spacial score (nSPS) is 29.0. The minimum atomic E-state index is -0.653. The highest BCUT2D eigenvalue weighted by molar-refractivity contribution is 5.73. The highest BCUT2D eigenvalue weighted by Gasteiger charge is 2.49. The summed E-state index contributed by atoms with van der Waals surface area (Å²) in [7, 11) is 3.31. The monoisotopic (exact) mass is 362 g/mol. The Balaban J connectivity index is 2.02. The zero-order valence-electron chi connectivity index (χ0n) is 15.7. The molecule has 0 radical (unpaired) electrons. The lowest BCUT2D eigenvalue weighted by atomic mass is 9.66. The fraction of sp³-hybridized carbons (Fsp3) is 0.650. The largest absolute Gasteiger partial charge is 0.497 e. The van der Waals surface area contributed by atoms with Crippen LogP contribution in [0.4, 0.5) is 0 Å². The average molecular weight is 362 g/mol. The van der Waals surface area contributed by atoms with Crippen molar-refractivity contribution < 1.29 is 19.4 Å². The fourth-order valence-corrected chi connectivity index (χ4v) is 4.73. The lowest BCUT2D eigenvalue weighted by molar-refractivity contribution is -0.128. The number of aliphatic hydroxyl groups is 1. The van der Waals surface area contributed by atoms with E-state index < -0.39 is 5.60 Å². The SMILES string of the molecule is COc1ccc(OC)c(C2C3CCCCC3(O)CCN2CCC(N)=O)c1. The first-order chi connectivity index (χ1) is 12.5. The Kier molecular flexibility index (Phi) is 5.73. The van der Waals surface area contributed by atoms with Crippen molar-refractivity contribution in [2.75, 3.05) is 27.3 Å². The number of fused-ring (bicyclic) bond motifs is 1. The molecule has 26 heavy (non-hydrogen) atoms. The van der Waals surface area contributed by atoms with Crippen LogP contribution in [0.25, 0.3) is 0 Å². The molecule has 1 aromatic rings. The first-order valence-electron chi connectivity index (χ1n) is 9.45. The highest BCUT2D eigenvalue weighted by Crippen LogP contribution is 2.51. The third kappa shape index (κ3) is 3.67. The summed E-state index contributed by atoms with van der Waals surface area (Å²) in [6.07, 6.45) is 5.03. The van der Waals surface area contributed by atoms with Gasteiger partial charge >= 0.3 is 0 Å². The lowest BCUT2D eigenvalue weighted by Gasteiger charge is -2.53. The van der Waals surface area contributed by atoms with Crippen LogP contribution >= 0.6 is 0 Å². The van der Waals surface area contributed by atoms with Gasteiger partial charge in [-0.2, -0.15) is 0 Å². The molecule has 1 aromatic carbocycles. The van der Waals surface area contributed by atoms with Crippen LogP contribution in [0.1, 0.15) is 50.1 Å². The van der Waals surface area contributed by atoms with Crippen LogP contribution in [-0.2, 0) is 4.79 Å². The molecule has 1 saturated heterocycles. The second-order valence-electron chi connectivity index (χ2n) is 7.51. The molecular formula is C20H30N2O4. The summed E-state index contributed by atoms with van der Waals surface area (Å²) < 4.78 is 11.1. The Morgan fingerprint density at radius 3 is 2.81 bits per heavy atom. The van der Waals surface area contributed by atoms with Gasteiger partial charge in [-0.25, -0.2) is 0 Å². The van der Waals surface area contributed by atoms with Crippen molar-refractivity contribution in [2.24, 2.45) is 11.7 Å². The van der Waals surface area contributed by atoms with Gasteiger partial charge in [-0.1, -0.05) is 12.8 Å². The summed E-state index contributed by atoms with van der Waals surface area (Å²) in [6.45, 7) is 1.33. The number of primary amides is 1. The van der Waals surface area contributed by atoms with Gasteiger partial charge in [-0.15, -0.1) is 0 Å². The summed E-state index contributed by atoms with van der Waals surface area (Å²) in [6, 6.07) is 5.78. The van der Waals surface area contributed by atoms with E-state index in [2.05, 4.69) is 4.90 Å². The molecule has 0 aromatic heterocycles. The van der Waals surface area contributed by atoms with Crippen LogP contribution < -0.4 is 15.2 Å². The van der Waals surface area contributed by atoms with E-state index in [1.54, 1.807) is 14.2 Å². The number of nitrogens with zero attached hydrogens (tertiary/aromatic N) is 1. The molecule has 2 fully saturated rings. The third-order valence-electron chi connectivity index (χ3n) is 6.07. The second kappa shape index (κ2) is 7.84. The number of hydrogen-bond donors (Lipinski definition) is 2. The zero-order chi connectivity index (χ0) is 18.7. The van der Waals surface area contributed by atoms with Crippen LogP contribution in [0.3, 0.4) is 0 Å². The smallest absolute Gasteiger partial charge is 0.218 e. The van der Waals surface area contributed by atoms with E-state index in [4.69, 9.17) is 15.2 Å². The molecule has 1 aliphatic carbocycles. The minimum absolute atomic E-state index is 0.0153. The number of hydrogen-bond acceptors (Lipinski definition) is 5. The molecule has 0 bridgehead atoms. The Labute approximate surface area is 155 Å². The Bertz CT molecular complexity index is 651. The van der Waals surface area contributed by atoms with Crippen molar-refractivity contribution in [2.45, 2.75) is 50.2 Å². The number of carbonyl (C=O) groups excluding carboxylic acids is 1. The molecule has 3 unspecified atom stereocenters. The molecule has 1 amide bonds. The summed E-state index contributed by atoms with van der Waals surface area (Å²) in [5.41, 5.74) is 5.76. The van der Waals surface area contributed by atoms with Crippen molar-refractivity contribution in [3.8, 4) is 11.5 Å². The Morgan fingerprint density at radius 2 is 2.12 bits per heavy atom. The molecule has 2 aliphatic rings. The van der Waals surface area contributed by atoms with Crippen molar-refractivity contribution in [3.63, 3.8) is 0 Å². The first-order valence-corrected chi connectivity index (χ1v) is 9.45. The van der Waals surface area contributed by atoms with Gasteiger partial charge in [-0.05, 0) is 37.5 Å². The second-order valence-corrected chi connectivity index (χ2v) is 7.51. The maximum atomic E-state index is 11.4. The van der Waals surface area contributed by atoms with E-state index in [1.807, 2.05) is 18.2 Å². The van der Waals surface area contributed by atoms with Crippen molar-refractivity contribution in [1.29, 1.82) is 0 Å². The molecule has 1 heterocycles. The predicted molar refractivity (Wildman–Crippen MR) is 99.2 cm³/mol. The maximum absolute atomic E-state index is 11.4. The topological polar surface area (TPSA) is 85.0 Å². The van der Waals surface area contributed by atoms with Crippen molar-refractivity contribution in [1.82, 2.24) is 4.90 Å². The Hall–Kier alpha value is -1.79. The number of carbonyl (C=O) groups is 1. The summed E-state index contributed by atoms with van der Waals surface area (Å²) in [4.78, 5) is 13.6. The van der Waals surface area contributed by atoms with E-state index in [-0.39, 0.29) is 17.9 Å². The third-order valence-corrected chi connectivity index (χ3v) is 6.07. The first kappa shape index (κ1) is 19.0. The maximum Gasteiger partial charge on any atom is 0.218 e. The van der Waals surface area contributed by atoms with Crippen LogP contribution in [0.2, 0.25) is 0 Å². The molecule has 0 spiro atoms. The Morgan fingerprint density at radius 1 is 1.31 bits per heavy atom. The van der Waals surface area contributed by atoms with E-state index in [1.165, 1.54) is 0 Å². The molecular weight excluding hydrogens is 332 g/mol. The molecule has 1 saturated carbocycles. The van der Waals surface area contributed by atoms with Crippen LogP contribution in [0.5, 0.6) is 11.5 Å². The van der Waals surface area contributed by atoms with E-state index in [0.29, 0.717) is 13.0 Å². The van der Waals surface area contributed by atoms with Crippen molar-refractivity contribution >= 4 is 5.91 Å². The number of piperidine rings is 1. The predicted octanol–water partition coefficient (Wildman–Crippen LogP) is 2.25. The highest BCUT2D eigenvalue weighted by atomic mass is 16.5. The van der Waals surface area contributed by atoms with Crippen LogP contribution in [0.15, 0.2) is 18.2 Å². The van der Waals surface area contributed by atoms with E-state index in [0.717, 1.165) is 55.7 Å². The van der Waals surface area contributed by atoms with Gasteiger partial charge in [-0.3, -0.25) is 9.69 Å². The van der Waals surface area contributed by atoms with E-state index >= 15 is 0 Å². The quantitative estimate of drug-likeness (QED) is 0.811. The van der Waals surface area contributed by atoms with Crippen LogP contribution in [-0.4, -0.2) is 48.8 Å². The number of rotatable bonds is 6. The molecule has 144 valence electrons. The van der Waals surface area contributed by atoms with Crippen molar-refractivity contribution in [3.05, 3.63) is 23.8 Å². The standard InChI is InChI=1S/C20H30N2O4/c1-25-14-6-7-17(26-2)15(13-14)19-16-5-3-4-9-20(16,24)10-12-22(19)11-8-18(21)23/h6-7,13,16,19,24H,3-5,8-12H2,1-2H3,(H2,21,23). The summed E-state index contributed by atoms with van der Waals surface area (Å²) in [5, 5.41) is 11.3. The number of likely N-dealkylation sites (tertiary alicyclic amines) is 1. The number of methoxy groups -OCH3 is 2. The number of ether oxygens (including phenoxy) is 2. The van der Waals surface area contributed by atoms with Gasteiger partial charge in [0.2, 0.25) is 5.91 Å². The number of nitrogens with two attached hydrogens (primary N) is 1.